The molecule has 0 aromatic heterocycles. The van der Waals surface area contributed by atoms with Crippen LogP contribution in [0, 0.1) is 5.41 Å². The first kappa shape index (κ1) is 17.8. The number of hydrogen-bond donors (Lipinski definition) is 0. The highest BCUT2D eigenvalue weighted by Gasteiger charge is 2.56. The van der Waals surface area contributed by atoms with Gasteiger partial charge in [0.1, 0.15) is 5.60 Å². The van der Waals surface area contributed by atoms with Gasteiger partial charge in [-0.1, -0.05) is 25.0 Å². The van der Waals surface area contributed by atoms with Gasteiger partial charge in [0, 0.05) is 12.0 Å². The van der Waals surface area contributed by atoms with E-state index in [2.05, 4.69) is 0 Å². The molecule has 1 aliphatic heterocycles. The first-order valence-electron chi connectivity index (χ1n) is 8.94. The van der Waals surface area contributed by atoms with E-state index in [1.807, 2.05) is 37.8 Å². The summed E-state index contributed by atoms with van der Waals surface area (Å²) in [5.74, 6) is -0.347. The average molecular weight is 345 g/mol. The fourth-order valence-corrected chi connectivity index (χ4v) is 4.19. The molecule has 1 aliphatic carbocycles. The Balaban J connectivity index is 1.85. The van der Waals surface area contributed by atoms with Crippen molar-refractivity contribution in [1.29, 1.82) is 0 Å². The Bertz CT molecular complexity index is 653. The van der Waals surface area contributed by atoms with E-state index < -0.39 is 5.60 Å². The van der Waals surface area contributed by atoms with Gasteiger partial charge >= 0.3 is 12.1 Å². The lowest BCUT2D eigenvalue weighted by Gasteiger charge is -2.56. The third-order valence-corrected chi connectivity index (χ3v) is 5.25. The van der Waals surface area contributed by atoms with Crippen molar-refractivity contribution in [2.45, 2.75) is 58.1 Å². The molecule has 2 fully saturated rings. The van der Waals surface area contributed by atoms with Gasteiger partial charge in [0.2, 0.25) is 0 Å². The van der Waals surface area contributed by atoms with Gasteiger partial charge in [0.15, 0.2) is 0 Å². The second-order valence-electron chi connectivity index (χ2n) is 8.19. The Kier molecular flexibility index (Phi) is 4.52. The van der Waals surface area contributed by atoms with Crippen molar-refractivity contribution in [2.24, 2.45) is 5.41 Å². The maximum absolute atomic E-state index is 12.6. The Morgan fingerprint density at radius 3 is 2.24 bits per heavy atom. The number of carbonyl (C=O) groups excluding carboxylic acids is 2. The highest BCUT2D eigenvalue weighted by Crippen LogP contribution is 2.58. The summed E-state index contributed by atoms with van der Waals surface area (Å²) in [4.78, 5) is 26.1. The van der Waals surface area contributed by atoms with Gasteiger partial charge in [-0.25, -0.2) is 9.59 Å². The van der Waals surface area contributed by atoms with Crippen LogP contribution < -0.4 is 0 Å². The fourth-order valence-electron chi connectivity index (χ4n) is 4.19. The number of hydrogen-bond acceptors (Lipinski definition) is 4. The topological polar surface area (TPSA) is 55.8 Å². The molecule has 1 saturated heterocycles. The summed E-state index contributed by atoms with van der Waals surface area (Å²) >= 11 is 0. The number of esters is 1. The molecule has 136 valence electrons. The number of carbonyl (C=O) groups is 2. The summed E-state index contributed by atoms with van der Waals surface area (Å²) in [6.45, 7) is 6.41. The third kappa shape index (κ3) is 3.37. The molecule has 5 heteroatoms. The van der Waals surface area contributed by atoms with Gasteiger partial charge < -0.3 is 9.47 Å². The molecule has 0 N–H and O–H groups in total. The smallest absolute Gasteiger partial charge is 0.410 e. The van der Waals surface area contributed by atoms with Gasteiger partial charge in [0.25, 0.3) is 0 Å². The normalized spacial score (nSPS) is 21.8. The second kappa shape index (κ2) is 6.36. The number of rotatable bonds is 2. The summed E-state index contributed by atoms with van der Waals surface area (Å²) in [5.41, 5.74) is 1.24. The van der Waals surface area contributed by atoms with Crippen molar-refractivity contribution in [3.05, 3.63) is 35.4 Å². The summed E-state index contributed by atoms with van der Waals surface area (Å²) in [7, 11) is 1.37. The first-order chi connectivity index (χ1) is 11.8. The van der Waals surface area contributed by atoms with Crippen molar-refractivity contribution >= 4 is 12.1 Å². The zero-order valence-electron chi connectivity index (χ0n) is 15.5. The van der Waals surface area contributed by atoms with Crippen LogP contribution in [0.25, 0.3) is 0 Å². The molecule has 0 unspecified atom stereocenters. The number of amides is 1. The van der Waals surface area contributed by atoms with E-state index >= 15 is 0 Å². The zero-order chi connectivity index (χ0) is 18.2. The van der Waals surface area contributed by atoms with Gasteiger partial charge in [-0.2, -0.15) is 0 Å². The minimum absolute atomic E-state index is 0.0246. The lowest BCUT2D eigenvalue weighted by Crippen LogP contribution is -2.60. The van der Waals surface area contributed by atoms with E-state index in [-0.39, 0.29) is 23.5 Å². The Hall–Kier alpha value is -2.04. The van der Waals surface area contributed by atoms with Crippen LogP contribution >= 0.6 is 0 Å². The first-order valence-corrected chi connectivity index (χ1v) is 8.94. The molecule has 1 aromatic rings. The van der Waals surface area contributed by atoms with Crippen molar-refractivity contribution in [1.82, 2.24) is 4.90 Å². The van der Waals surface area contributed by atoms with E-state index in [4.69, 9.17) is 9.47 Å². The second-order valence-corrected chi connectivity index (χ2v) is 8.19. The predicted molar refractivity (Wildman–Crippen MR) is 94.4 cm³/mol. The maximum atomic E-state index is 12.6. The van der Waals surface area contributed by atoms with E-state index in [0.717, 1.165) is 24.9 Å². The SMILES string of the molecule is COC(=O)c1ccc([C@H]2N(C(=O)OC(C)(C)C)CC23CCCC3)cc1. The van der Waals surface area contributed by atoms with Gasteiger partial charge in [-0.15, -0.1) is 0 Å². The number of benzene rings is 1. The van der Waals surface area contributed by atoms with Crippen molar-refractivity contribution in [3.63, 3.8) is 0 Å². The van der Waals surface area contributed by atoms with Crippen molar-refractivity contribution < 1.29 is 19.1 Å². The summed E-state index contributed by atoms with van der Waals surface area (Å²) in [6, 6.07) is 7.45. The van der Waals surface area contributed by atoms with E-state index in [1.165, 1.54) is 20.0 Å². The molecule has 25 heavy (non-hydrogen) atoms. The summed E-state index contributed by atoms with van der Waals surface area (Å²) < 4.78 is 10.3. The molecule has 1 aromatic carbocycles. The van der Waals surface area contributed by atoms with Gasteiger partial charge in [-0.3, -0.25) is 4.90 Å². The quantitative estimate of drug-likeness (QED) is 0.749. The van der Waals surface area contributed by atoms with E-state index in [1.54, 1.807) is 12.1 Å². The van der Waals surface area contributed by atoms with Crippen LogP contribution in [-0.2, 0) is 9.47 Å². The Morgan fingerprint density at radius 1 is 1.12 bits per heavy atom. The van der Waals surface area contributed by atoms with Crippen LogP contribution in [0.3, 0.4) is 0 Å². The Morgan fingerprint density at radius 2 is 1.72 bits per heavy atom. The summed E-state index contributed by atoms with van der Waals surface area (Å²) in [5, 5.41) is 0. The monoisotopic (exact) mass is 345 g/mol. The molecule has 3 rings (SSSR count). The van der Waals surface area contributed by atoms with Gasteiger partial charge in [0.05, 0.1) is 18.7 Å². The third-order valence-electron chi connectivity index (χ3n) is 5.25. The molecule has 0 radical (unpaired) electrons. The molecule has 0 bridgehead atoms. The van der Waals surface area contributed by atoms with Crippen LogP contribution in [0.2, 0.25) is 0 Å². The van der Waals surface area contributed by atoms with Crippen LogP contribution in [-0.4, -0.2) is 36.2 Å². The molecular weight excluding hydrogens is 318 g/mol. The fraction of sp³-hybridized carbons (Fsp3) is 0.600. The average Bonchev–Trinajstić information content (AvgIpc) is 3.02. The van der Waals surface area contributed by atoms with Crippen LogP contribution in [0.5, 0.6) is 0 Å². The predicted octanol–water partition coefficient (Wildman–Crippen LogP) is 4.33. The van der Waals surface area contributed by atoms with Crippen molar-refractivity contribution in [2.75, 3.05) is 13.7 Å². The number of ether oxygens (including phenoxy) is 2. The molecule has 1 atom stereocenters. The molecular formula is C20H27NO4. The van der Waals surface area contributed by atoms with Crippen LogP contribution in [0.15, 0.2) is 24.3 Å². The Labute approximate surface area is 149 Å². The molecule has 1 spiro atoms. The molecule has 5 nitrogen and oxygen atoms in total. The van der Waals surface area contributed by atoms with E-state index in [9.17, 15) is 9.59 Å². The highest BCUT2D eigenvalue weighted by molar-refractivity contribution is 5.89. The lowest BCUT2D eigenvalue weighted by atomic mass is 9.67. The number of methoxy groups -OCH3 is 1. The minimum Gasteiger partial charge on any atom is -0.465 e. The molecule has 1 amide bonds. The minimum atomic E-state index is -0.505. The highest BCUT2D eigenvalue weighted by atomic mass is 16.6. The van der Waals surface area contributed by atoms with Crippen LogP contribution in [0.1, 0.15) is 68.4 Å². The summed E-state index contributed by atoms with van der Waals surface area (Å²) in [6.07, 6.45) is 4.43. The zero-order valence-corrected chi connectivity index (χ0v) is 15.5. The standard InChI is InChI=1S/C20H27NO4/c1-19(2,3)25-18(23)21-13-20(11-5-6-12-20)16(21)14-7-9-15(10-8-14)17(22)24-4/h7-10,16H,5-6,11-13H2,1-4H3/t16-/m1/s1. The number of likely N-dealkylation sites (tertiary alicyclic amines) is 1. The maximum Gasteiger partial charge on any atom is 0.410 e. The molecule has 2 aliphatic rings. The van der Waals surface area contributed by atoms with Crippen molar-refractivity contribution in [3.8, 4) is 0 Å². The van der Waals surface area contributed by atoms with E-state index in [0.29, 0.717) is 5.56 Å². The number of nitrogens with zero attached hydrogens (tertiary/aromatic N) is 1. The largest absolute Gasteiger partial charge is 0.465 e. The lowest BCUT2D eigenvalue weighted by molar-refractivity contribution is -0.0804. The van der Waals surface area contributed by atoms with Crippen LogP contribution in [0.4, 0.5) is 4.79 Å². The molecule has 1 saturated carbocycles. The molecule has 1 heterocycles. The van der Waals surface area contributed by atoms with Gasteiger partial charge in [-0.05, 0) is 51.3 Å².